The highest BCUT2D eigenvalue weighted by molar-refractivity contribution is 6.34. The van der Waals surface area contributed by atoms with Crippen molar-refractivity contribution in [2.75, 3.05) is 0 Å². The van der Waals surface area contributed by atoms with Gasteiger partial charge in [-0.3, -0.25) is 0 Å². The lowest BCUT2D eigenvalue weighted by molar-refractivity contribution is 0.698. The largest absolute Gasteiger partial charge is 0.193 e. The van der Waals surface area contributed by atoms with Gasteiger partial charge < -0.3 is 0 Å². The molecule has 1 rings (SSSR count). The van der Waals surface area contributed by atoms with Gasteiger partial charge in [0, 0.05) is 11.5 Å². The number of nitrogens with zero attached hydrogens (tertiary/aromatic N) is 2. The Balaban J connectivity index is 3.21. The minimum Gasteiger partial charge on any atom is -0.193 e. The molecule has 2 atom stereocenters. The van der Waals surface area contributed by atoms with E-state index in [1.807, 2.05) is 12.1 Å². The molecule has 1 aliphatic rings. The van der Waals surface area contributed by atoms with Crippen LogP contribution in [0.5, 0.6) is 0 Å². The van der Waals surface area contributed by atoms with Crippen LogP contribution in [0, 0.1) is 28.6 Å². The van der Waals surface area contributed by atoms with Crippen molar-refractivity contribution in [3.05, 3.63) is 22.3 Å². The average molecular weight is 213 g/mol. The molecule has 0 saturated carbocycles. The van der Waals surface area contributed by atoms with E-state index in [0.717, 1.165) is 0 Å². The zero-order valence-corrected chi connectivity index (χ0v) is 8.39. The predicted octanol–water partition coefficient (Wildman–Crippen LogP) is 2.71. The van der Waals surface area contributed by atoms with E-state index in [1.165, 1.54) is 6.08 Å². The molecule has 0 N–H and O–H groups in total. The summed E-state index contributed by atoms with van der Waals surface area (Å²) in [6.45, 7) is 1.80. The van der Waals surface area contributed by atoms with Crippen molar-refractivity contribution in [3.63, 3.8) is 0 Å². The highest BCUT2D eigenvalue weighted by Gasteiger charge is 2.28. The van der Waals surface area contributed by atoms with Gasteiger partial charge in [-0.1, -0.05) is 18.5 Å². The smallest absolute Gasteiger partial charge is 0.0978 e. The molecule has 4 heteroatoms. The Bertz CT molecular complexity index is 368. The Morgan fingerprint density at radius 1 is 1.38 bits per heavy atom. The maximum absolute atomic E-state index is 8.72. The van der Waals surface area contributed by atoms with Crippen molar-refractivity contribution in [1.82, 2.24) is 0 Å². The predicted molar refractivity (Wildman–Crippen MR) is 51.0 cm³/mol. The van der Waals surface area contributed by atoms with Crippen LogP contribution in [0.25, 0.3) is 0 Å². The molecule has 13 heavy (non-hydrogen) atoms. The fourth-order valence-corrected chi connectivity index (χ4v) is 1.77. The van der Waals surface area contributed by atoms with E-state index in [0.29, 0.717) is 11.1 Å². The summed E-state index contributed by atoms with van der Waals surface area (Å²) >= 11 is 11.7. The van der Waals surface area contributed by atoms with Crippen LogP contribution >= 0.6 is 23.2 Å². The highest BCUT2D eigenvalue weighted by Crippen LogP contribution is 2.34. The number of allylic oxidation sites excluding steroid dienone is 4. The minimum atomic E-state index is -0.489. The van der Waals surface area contributed by atoms with Crippen molar-refractivity contribution < 1.29 is 0 Å². The minimum absolute atomic E-state index is 0.149. The Kier molecular flexibility index (Phi) is 2.98. The first-order chi connectivity index (χ1) is 6.11. The summed E-state index contributed by atoms with van der Waals surface area (Å²) in [5, 5.41) is 17.2. The average Bonchev–Trinajstić information content (AvgIpc) is 2.12. The molecule has 1 unspecified atom stereocenters. The molecule has 0 saturated heterocycles. The second kappa shape index (κ2) is 3.83. The molecule has 0 aromatic rings. The van der Waals surface area contributed by atoms with Gasteiger partial charge in [-0.2, -0.15) is 10.5 Å². The molecule has 1 aliphatic carbocycles. The van der Waals surface area contributed by atoms with Gasteiger partial charge in [0.25, 0.3) is 0 Å². The van der Waals surface area contributed by atoms with Crippen LogP contribution in [0.2, 0.25) is 0 Å². The van der Waals surface area contributed by atoms with Crippen LogP contribution in [-0.2, 0) is 0 Å². The zero-order valence-electron chi connectivity index (χ0n) is 6.88. The van der Waals surface area contributed by atoms with E-state index >= 15 is 0 Å². The summed E-state index contributed by atoms with van der Waals surface area (Å²) in [5.74, 6) is -0.149. The van der Waals surface area contributed by atoms with Gasteiger partial charge in [0.15, 0.2) is 0 Å². The summed E-state index contributed by atoms with van der Waals surface area (Å²) in [6, 6.07) is 3.95. The first kappa shape index (κ1) is 10.1. The molecule has 0 radical (unpaired) electrons. The van der Waals surface area contributed by atoms with Crippen LogP contribution in [0.3, 0.4) is 0 Å². The second-order valence-electron chi connectivity index (χ2n) is 2.78. The molecule has 0 fully saturated rings. The molecular formula is C9H6Cl2N2. The van der Waals surface area contributed by atoms with Crippen LogP contribution in [0.15, 0.2) is 22.3 Å². The molecule has 0 amide bonds. The summed E-state index contributed by atoms with van der Waals surface area (Å²) in [6.07, 6.45) is 1.50. The maximum Gasteiger partial charge on any atom is 0.0978 e. The molecule has 0 heterocycles. The van der Waals surface area contributed by atoms with Gasteiger partial charge in [0.2, 0.25) is 0 Å². The Morgan fingerprint density at radius 3 is 2.46 bits per heavy atom. The zero-order chi connectivity index (χ0) is 10.0. The summed E-state index contributed by atoms with van der Waals surface area (Å²) in [4.78, 5) is 0. The third kappa shape index (κ3) is 1.70. The normalized spacial score (nSPS) is 27.6. The van der Waals surface area contributed by atoms with Crippen LogP contribution < -0.4 is 0 Å². The molecule has 0 aromatic heterocycles. The van der Waals surface area contributed by atoms with E-state index in [9.17, 15) is 0 Å². The lowest BCUT2D eigenvalue weighted by Crippen LogP contribution is -2.19. The second-order valence-corrected chi connectivity index (χ2v) is 3.65. The maximum atomic E-state index is 8.72. The monoisotopic (exact) mass is 212 g/mol. The quantitative estimate of drug-likeness (QED) is 0.580. The fourth-order valence-electron chi connectivity index (χ4n) is 1.13. The Hall–Kier alpha value is -0.960. The van der Waals surface area contributed by atoms with E-state index in [2.05, 4.69) is 0 Å². The molecule has 2 nitrogen and oxygen atoms in total. The van der Waals surface area contributed by atoms with Gasteiger partial charge >= 0.3 is 0 Å². The van der Waals surface area contributed by atoms with Gasteiger partial charge in [-0.25, -0.2) is 0 Å². The first-order valence-electron chi connectivity index (χ1n) is 3.67. The van der Waals surface area contributed by atoms with Crippen molar-refractivity contribution in [2.45, 2.75) is 12.3 Å². The molecule has 0 bridgehead atoms. The van der Waals surface area contributed by atoms with Gasteiger partial charge in [-0.05, 0) is 6.08 Å². The van der Waals surface area contributed by atoms with Crippen molar-refractivity contribution in [1.29, 1.82) is 10.5 Å². The highest BCUT2D eigenvalue weighted by atomic mass is 35.5. The molecule has 0 aromatic carbocycles. The lowest BCUT2D eigenvalue weighted by Gasteiger charge is -2.21. The van der Waals surface area contributed by atoms with Crippen molar-refractivity contribution in [3.8, 4) is 12.1 Å². The fraction of sp³-hybridized carbons (Fsp3) is 0.333. The number of alkyl halides is 1. The summed E-state index contributed by atoms with van der Waals surface area (Å²) < 4.78 is 0. The van der Waals surface area contributed by atoms with Crippen LogP contribution in [-0.4, -0.2) is 5.38 Å². The van der Waals surface area contributed by atoms with E-state index < -0.39 is 5.38 Å². The van der Waals surface area contributed by atoms with E-state index in [4.69, 9.17) is 33.7 Å². The third-order valence-corrected chi connectivity index (χ3v) is 2.90. The van der Waals surface area contributed by atoms with Gasteiger partial charge in [-0.15, -0.1) is 11.6 Å². The van der Waals surface area contributed by atoms with Crippen molar-refractivity contribution >= 4 is 23.2 Å². The number of nitriles is 2. The Labute approximate surface area is 86.7 Å². The SMILES string of the molecule is CC1C(C#N)=CC(Cl)=C(C#N)[C@H]1Cl. The first-order valence-corrected chi connectivity index (χ1v) is 4.48. The topological polar surface area (TPSA) is 47.6 Å². The van der Waals surface area contributed by atoms with Crippen LogP contribution in [0.4, 0.5) is 0 Å². The molecule has 0 spiro atoms. The molecule has 0 aliphatic heterocycles. The number of rotatable bonds is 0. The van der Waals surface area contributed by atoms with Gasteiger partial charge in [0.05, 0.1) is 28.1 Å². The summed E-state index contributed by atoms with van der Waals surface area (Å²) in [7, 11) is 0. The van der Waals surface area contributed by atoms with Crippen molar-refractivity contribution in [2.24, 2.45) is 5.92 Å². The van der Waals surface area contributed by atoms with Gasteiger partial charge in [0.1, 0.15) is 0 Å². The van der Waals surface area contributed by atoms with E-state index in [-0.39, 0.29) is 11.0 Å². The number of halogens is 2. The lowest BCUT2D eigenvalue weighted by atomic mass is 9.89. The molecule has 66 valence electrons. The number of hydrogen-bond acceptors (Lipinski definition) is 2. The molecular weight excluding hydrogens is 207 g/mol. The standard InChI is InChI=1S/C9H6Cl2N2/c1-5-6(3-12)2-8(10)7(4-13)9(5)11/h2,5,9H,1H3/t5?,9-/m0/s1. The Morgan fingerprint density at radius 2 is 2.00 bits per heavy atom. The van der Waals surface area contributed by atoms with E-state index in [1.54, 1.807) is 6.92 Å². The summed E-state index contributed by atoms with van der Waals surface area (Å²) in [5.41, 5.74) is 0.860. The van der Waals surface area contributed by atoms with Crippen LogP contribution in [0.1, 0.15) is 6.92 Å². The number of hydrogen-bond donors (Lipinski definition) is 0. The third-order valence-electron chi connectivity index (χ3n) is 1.99.